The van der Waals surface area contributed by atoms with Gasteiger partial charge < -0.3 is 9.84 Å². The van der Waals surface area contributed by atoms with Gasteiger partial charge in [-0.05, 0) is 31.5 Å². The Bertz CT molecular complexity index is 1180. The molecule has 11 heteroatoms. The summed E-state index contributed by atoms with van der Waals surface area (Å²) in [5.74, 6) is -0.989. The van der Waals surface area contributed by atoms with Crippen LogP contribution in [0.15, 0.2) is 34.4 Å². The molecule has 0 fully saturated rings. The van der Waals surface area contributed by atoms with Gasteiger partial charge in [-0.25, -0.2) is 9.78 Å². The molecule has 0 aliphatic carbocycles. The fraction of sp³-hybridized carbons (Fsp3) is 0.176. The van der Waals surface area contributed by atoms with Crippen LogP contribution in [0.1, 0.15) is 27.7 Å². The van der Waals surface area contributed by atoms with Crippen molar-refractivity contribution in [2.75, 3.05) is 6.61 Å². The van der Waals surface area contributed by atoms with Crippen molar-refractivity contribution in [3.63, 3.8) is 0 Å². The number of rotatable bonds is 5. The highest BCUT2D eigenvalue weighted by molar-refractivity contribution is 7.20. The molecule has 2 heterocycles. The molecule has 28 heavy (non-hydrogen) atoms. The zero-order chi connectivity index (χ0) is 20.4. The van der Waals surface area contributed by atoms with Gasteiger partial charge in [0, 0.05) is 11.6 Å². The number of phenols is 1. The molecule has 144 valence electrons. The van der Waals surface area contributed by atoms with Crippen molar-refractivity contribution >= 4 is 39.4 Å². The topological polar surface area (TPSA) is 137 Å². The number of nitro groups is 1. The van der Waals surface area contributed by atoms with Crippen LogP contribution in [0.4, 0.5) is 5.69 Å². The van der Waals surface area contributed by atoms with Gasteiger partial charge in [-0.1, -0.05) is 0 Å². The normalized spacial score (nSPS) is 11.2. The number of hydrogen-bond donors (Lipinski definition) is 1. The van der Waals surface area contributed by atoms with E-state index in [1.165, 1.54) is 24.7 Å². The Hall–Kier alpha value is -3.60. The largest absolute Gasteiger partial charge is 0.502 e. The van der Waals surface area contributed by atoms with Gasteiger partial charge >= 0.3 is 11.7 Å². The molecule has 0 aliphatic heterocycles. The number of aromatic hydroxyl groups is 1. The van der Waals surface area contributed by atoms with Gasteiger partial charge in [-0.15, -0.1) is 11.3 Å². The molecule has 0 saturated heterocycles. The summed E-state index contributed by atoms with van der Waals surface area (Å²) in [4.78, 5) is 39.7. The molecule has 0 unspecified atom stereocenters. The highest BCUT2D eigenvalue weighted by Crippen LogP contribution is 2.28. The SMILES string of the molecule is CCOC(=O)c1sc2ncn(/N=C/c3ccc(O)c([N+](=O)[O-])c3)c(=O)c2c1C. The Morgan fingerprint density at radius 2 is 2.25 bits per heavy atom. The third-order valence-corrected chi connectivity index (χ3v) is 5.00. The van der Waals surface area contributed by atoms with E-state index in [4.69, 9.17) is 4.74 Å². The molecule has 0 spiro atoms. The first-order valence-corrected chi connectivity index (χ1v) is 8.84. The molecule has 0 bridgehead atoms. The average molecular weight is 402 g/mol. The summed E-state index contributed by atoms with van der Waals surface area (Å²) in [6.45, 7) is 3.53. The lowest BCUT2D eigenvalue weighted by molar-refractivity contribution is -0.385. The Balaban J connectivity index is 2.02. The van der Waals surface area contributed by atoms with Gasteiger partial charge in [0.2, 0.25) is 0 Å². The number of nitrogens with zero attached hydrogens (tertiary/aromatic N) is 4. The Kier molecular flexibility index (Phi) is 5.18. The first kappa shape index (κ1) is 19.2. The number of benzene rings is 1. The summed E-state index contributed by atoms with van der Waals surface area (Å²) in [7, 11) is 0. The summed E-state index contributed by atoms with van der Waals surface area (Å²) in [5, 5.41) is 24.6. The molecule has 3 rings (SSSR count). The fourth-order valence-corrected chi connectivity index (χ4v) is 3.52. The lowest BCUT2D eigenvalue weighted by atomic mass is 10.2. The van der Waals surface area contributed by atoms with Crippen molar-refractivity contribution in [2.45, 2.75) is 13.8 Å². The second kappa shape index (κ2) is 7.56. The van der Waals surface area contributed by atoms with Crippen LogP contribution in [-0.4, -0.2) is 38.5 Å². The smallest absolute Gasteiger partial charge is 0.348 e. The van der Waals surface area contributed by atoms with E-state index in [-0.39, 0.29) is 12.0 Å². The maximum atomic E-state index is 12.7. The van der Waals surface area contributed by atoms with Crippen LogP contribution in [0.5, 0.6) is 5.75 Å². The summed E-state index contributed by atoms with van der Waals surface area (Å²) in [6, 6.07) is 3.71. The van der Waals surface area contributed by atoms with Crippen LogP contribution in [0.3, 0.4) is 0 Å². The van der Waals surface area contributed by atoms with Crippen LogP contribution >= 0.6 is 11.3 Å². The van der Waals surface area contributed by atoms with E-state index >= 15 is 0 Å². The number of nitro benzene ring substituents is 1. The third kappa shape index (κ3) is 3.47. The lowest BCUT2D eigenvalue weighted by Gasteiger charge is -2.00. The van der Waals surface area contributed by atoms with Gasteiger partial charge in [-0.3, -0.25) is 14.9 Å². The number of phenolic OH excluding ortho intramolecular Hbond substituents is 1. The summed E-state index contributed by atoms with van der Waals surface area (Å²) < 4.78 is 5.95. The first-order chi connectivity index (χ1) is 13.3. The summed E-state index contributed by atoms with van der Waals surface area (Å²) in [5.41, 5.74) is -0.192. The first-order valence-electron chi connectivity index (χ1n) is 8.03. The average Bonchev–Trinajstić information content (AvgIpc) is 2.99. The standard InChI is InChI=1S/C17H14N4O6S/c1-3-27-17(24)14-9(2)13-15(28-14)18-8-20(16(13)23)19-7-10-4-5-12(22)11(6-10)21(25)26/h4-8,22H,3H2,1-2H3/b19-7+. The van der Waals surface area contributed by atoms with Gasteiger partial charge in [0.1, 0.15) is 16.0 Å². The van der Waals surface area contributed by atoms with Gasteiger partial charge in [-0.2, -0.15) is 9.78 Å². The Morgan fingerprint density at radius 3 is 2.93 bits per heavy atom. The maximum absolute atomic E-state index is 12.7. The van der Waals surface area contributed by atoms with Crippen molar-refractivity contribution in [1.29, 1.82) is 0 Å². The van der Waals surface area contributed by atoms with E-state index in [2.05, 4.69) is 10.1 Å². The predicted octanol–water partition coefficient (Wildman–Crippen LogP) is 2.44. The zero-order valence-electron chi connectivity index (χ0n) is 14.8. The molecular weight excluding hydrogens is 388 g/mol. The summed E-state index contributed by atoms with van der Waals surface area (Å²) >= 11 is 1.06. The van der Waals surface area contributed by atoms with E-state index in [1.807, 2.05) is 0 Å². The molecule has 10 nitrogen and oxygen atoms in total. The van der Waals surface area contributed by atoms with Crippen molar-refractivity contribution in [1.82, 2.24) is 9.66 Å². The highest BCUT2D eigenvalue weighted by Gasteiger charge is 2.20. The number of thiophene rings is 1. The third-order valence-electron chi connectivity index (χ3n) is 3.82. The molecule has 1 N–H and O–H groups in total. The van der Waals surface area contributed by atoms with Crippen LogP contribution in [0.25, 0.3) is 10.2 Å². The second-order valence-electron chi connectivity index (χ2n) is 5.60. The molecule has 0 saturated carbocycles. The molecule has 0 atom stereocenters. The Labute approximate surface area is 161 Å². The number of fused-ring (bicyclic) bond motifs is 1. The number of carbonyl (C=O) groups is 1. The molecule has 2 aromatic heterocycles. The monoisotopic (exact) mass is 402 g/mol. The number of carbonyl (C=O) groups excluding carboxylic acids is 1. The molecule has 1 aromatic carbocycles. The molecular formula is C17H14N4O6S. The number of esters is 1. The van der Waals surface area contributed by atoms with E-state index in [0.717, 1.165) is 22.1 Å². The molecule has 0 amide bonds. The molecule has 0 aliphatic rings. The highest BCUT2D eigenvalue weighted by atomic mass is 32.1. The van der Waals surface area contributed by atoms with E-state index in [1.54, 1.807) is 13.8 Å². The van der Waals surface area contributed by atoms with Gasteiger partial charge in [0.15, 0.2) is 5.75 Å². The molecule has 0 radical (unpaired) electrons. The summed E-state index contributed by atoms with van der Waals surface area (Å²) in [6.07, 6.45) is 2.43. The lowest BCUT2D eigenvalue weighted by Crippen LogP contribution is -2.17. The van der Waals surface area contributed by atoms with Crippen LogP contribution in [-0.2, 0) is 4.74 Å². The minimum absolute atomic E-state index is 0.216. The van der Waals surface area contributed by atoms with Crippen LogP contribution in [0, 0.1) is 17.0 Å². The second-order valence-corrected chi connectivity index (χ2v) is 6.60. The van der Waals surface area contributed by atoms with Gasteiger partial charge in [0.05, 0.1) is 23.1 Å². The number of aryl methyl sites for hydroxylation is 1. The van der Waals surface area contributed by atoms with Crippen molar-refractivity contribution in [2.24, 2.45) is 5.10 Å². The van der Waals surface area contributed by atoms with Crippen LogP contribution in [0.2, 0.25) is 0 Å². The Morgan fingerprint density at radius 1 is 1.50 bits per heavy atom. The number of aromatic nitrogens is 2. The van der Waals surface area contributed by atoms with E-state index in [0.29, 0.717) is 20.8 Å². The number of ether oxygens (including phenoxy) is 1. The maximum Gasteiger partial charge on any atom is 0.348 e. The van der Waals surface area contributed by atoms with E-state index < -0.39 is 27.9 Å². The van der Waals surface area contributed by atoms with E-state index in [9.17, 15) is 24.8 Å². The van der Waals surface area contributed by atoms with Crippen LogP contribution < -0.4 is 5.56 Å². The molecule has 3 aromatic rings. The number of hydrogen-bond acceptors (Lipinski definition) is 9. The quantitative estimate of drug-likeness (QED) is 0.299. The minimum Gasteiger partial charge on any atom is -0.502 e. The fourth-order valence-electron chi connectivity index (χ4n) is 2.48. The predicted molar refractivity (Wildman–Crippen MR) is 102 cm³/mol. The van der Waals surface area contributed by atoms with Crippen molar-refractivity contribution in [3.05, 3.63) is 61.0 Å². The minimum atomic E-state index is -0.724. The van der Waals surface area contributed by atoms with Gasteiger partial charge in [0.25, 0.3) is 5.56 Å². The van der Waals surface area contributed by atoms with Crippen molar-refractivity contribution in [3.8, 4) is 5.75 Å². The van der Waals surface area contributed by atoms with Crippen molar-refractivity contribution < 1.29 is 19.6 Å². The zero-order valence-corrected chi connectivity index (χ0v) is 15.6.